The van der Waals surface area contributed by atoms with E-state index in [-0.39, 0.29) is 6.54 Å². The number of nitrogens with zero attached hydrogens (tertiary/aromatic N) is 3. The maximum absolute atomic E-state index is 11.3. The van der Waals surface area contributed by atoms with Crippen molar-refractivity contribution in [3.05, 3.63) is 46.5 Å². The first-order chi connectivity index (χ1) is 11.4. The summed E-state index contributed by atoms with van der Waals surface area (Å²) in [6.07, 6.45) is 0. The molecule has 0 saturated carbocycles. The zero-order valence-electron chi connectivity index (χ0n) is 13.2. The summed E-state index contributed by atoms with van der Waals surface area (Å²) in [5.41, 5.74) is 5.81. The van der Waals surface area contributed by atoms with Crippen LogP contribution in [0.15, 0.2) is 30.3 Å². The van der Waals surface area contributed by atoms with Crippen LogP contribution in [0.5, 0.6) is 0 Å². The number of halogens is 1. The second-order valence-electron chi connectivity index (χ2n) is 5.96. The molecule has 0 unspecified atom stereocenters. The molecule has 2 aromatic carbocycles. The molecule has 5 nitrogen and oxygen atoms in total. The van der Waals surface area contributed by atoms with Gasteiger partial charge in [-0.05, 0) is 55.3 Å². The van der Waals surface area contributed by atoms with Gasteiger partial charge in [0, 0.05) is 10.4 Å². The Hall–Kier alpha value is -2.66. The lowest BCUT2D eigenvalue weighted by atomic mass is 10.1. The van der Waals surface area contributed by atoms with Crippen LogP contribution >= 0.6 is 11.6 Å². The summed E-state index contributed by atoms with van der Waals surface area (Å²) >= 11 is 6.12. The molecule has 0 radical (unpaired) electrons. The van der Waals surface area contributed by atoms with Gasteiger partial charge in [0.2, 0.25) is 0 Å². The van der Waals surface area contributed by atoms with Gasteiger partial charge in [-0.2, -0.15) is 0 Å². The van der Waals surface area contributed by atoms with E-state index in [0.717, 1.165) is 33.1 Å². The van der Waals surface area contributed by atoms with Crippen LogP contribution in [0.4, 0.5) is 0 Å². The molecule has 6 heteroatoms. The minimum Gasteiger partial charge on any atom is -0.480 e. The molecule has 0 aliphatic carbocycles. The van der Waals surface area contributed by atoms with Crippen LogP contribution in [-0.4, -0.2) is 25.6 Å². The normalized spacial score (nSPS) is 11.6. The number of aryl methyl sites for hydroxylation is 2. The molecule has 0 bridgehead atoms. The Bertz CT molecular complexity index is 1150. The van der Waals surface area contributed by atoms with Crippen molar-refractivity contribution < 1.29 is 9.90 Å². The van der Waals surface area contributed by atoms with Crippen molar-refractivity contribution in [1.29, 1.82) is 0 Å². The summed E-state index contributed by atoms with van der Waals surface area (Å²) in [6.45, 7) is 3.88. The van der Waals surface area contributed by atoms with Crippen LogP contribution < -0.4 is 0 Å². The van der Waals surface area contributed by atoms with Gasteiger partial charge in [-0.3, -0.25) is 4.79 Å². The van der Waals surface area contributed by atoms with E-state index in [9.17, 15) is 9.90 Å². The lowest BCUT2D eigenvalue weighted by Crippen LogP contribution is -2.09. The summed E-state index contributed by atoms with van der Waals surface area (Å²) in [6, 6.07) is 9.34. The number of aromatic nitrogens is 3. The fourth-order valence-corrected chi connectivity index (χ4v) is 3.19. The van der Waals surface area contributed by atoms with Crippen molar-refractivity contribution in [2.75, 3.05) is 0 Å². The Morgan fingerprint density at radius 2 is 1.79 bits per heavy atom. The molecule has 0 atom stereocenters. The van der Waals surface area contributed by atoms with E-state index in [1.165, 1.54) is 0 Å². The highest BCUT2D eigenvalue weighted by molar-refractivity contribution is 6.31. The second-order valence-corrected chi connectivity index (χ2v) is 6.40. The maximum Gasteiger partial charge on any atom is 0.323 e. The Labute approximate surface area is 142 Å². The van der Waals surface area contributed by atoms with Crippen molar-refractivity contribution in [3.63, 3.8) is 0 Å². The van der Waals surface area contributed by atoms with Crippen molar-refractivity contribution in [1.82, 2.24) is 14.5 Å². The number of carbonyl (C=O) groups is 1. The van der Waals surface area contributed by atoms with Gasteiger partial charge in [-0.15, -0.1) is 0 Å². The lowest BCUT2D eigenvalue weighted by molar-refractivity contribution is -0.137. The largest absolute Gasteiger partial charge is 0.480 e. The van der Waals surface area contributed by atoms with Crippen LogP contribution in [0.3, 0.4) is 0 Å². The molecule has 4 aromatic rings. The molecule has 0 saturated heterocycles. The van der Waals surface area contributed by atoms with Crippen LogP contribution in [0.1, 0.15) is 11.1 Å². The standard InChI is InChI=1S/C18H14ClN3O2/c1-9-5-13-14(6-10(9)2)21-18-17(20-13)12-7-11(19)3-4-15(12)22(18)8-16(23)24/h3-7H,8H2,1-2H3,(H,23,24). The molecule has 0 aliphatic heterocycles. The third kappa shape index (κ3) is 2.20. The fourth-order valence-electron chi connectivity index (χ4n) is 3.01. The lowest BCUT2D eigenvalue weighted by Gasteiger charge is -2.05. The van der Waals surface area contributed by atoms with Crippen molar-refractivity contribution in [3.8, 4) is 0 Å². The van der Waals surface area contributed by atoms with E-state index in [1.54, 1.807) is 16.7 Å². The number of rotatable bonds is 2. The van der Waals surface area contributed by atoms with Crippen LogP contribution in [0.25, 0.3) is 33.1 Å². The number of fused-ring (bicyclic) bond motifs is 4. The quantitative estimate of drug-likeness (QED) is 0.597. The number of aliphatic carboxylic acids is 1. The van der Waals surface area contributed by atoms with Crippen LogP contribution in [-0.2, 0) is 11.3 Å². The van der Waals surface area contributed by atoms with E-state index in [4.69, 9.17) is 21.6 Å². The zero-order chi connectivity index (χ0) is 17.0. The number of benzene rings is 2. The molecule has 1 N–H and O–H groups in total. The monoisotopic (exact) mass is 339 g/mol. The molecule has 4 rings (SSSR count). The highest BCUT2D eigenvalue weighted by Gasteiger charge is 2.17. The van der Waals surface area contributed by atoms with Crippen molar-refractivity contribution >= 4 is 50.7 Å². The van der Waals surface area contributed by atoms with E-state index in [1.807, 2.05) is 32.0 Å². The van der Waals surface area contributed by atoms with Crippen molar-refractivity contribution in [2.24, 2.45) is 0 Å². The van der Waals surface area contributed by atoms with E-state index < -0.39 is 5.97 Å². The predicted molar refractivity (Wildman–Crippen MR) is 94.7 cm³/mol. The Balaban J connectivity index is 2.19. The van der Waals surface area contributed by atoms with Gasteiger partial charge >= 0.3 is 5.97 Å². The second kappa shape index (κ2) is 5.18. The first kappa shape index (κ1) is 14.9. The third-order valence-corrected chi connectivity index (χ3v) is 4.55. The predicted octanol–water partition coefficient (Wildman–Crippen LogP) is 4.09. The van der Waals surface area contributed by atoms with Gasteiger partial charge in [0.15, 0.2) is 5.65 Å². The summed E-state index contributed by atoms with van der Waals surface area (Å²) in [5.74, 6) is -0.925. The summed E-state index contributed by atoms with van der Waals surface area (Å²) in [5, 5.41) is 10.7. The van der Waals surface area contributed by atoms with E-state index >= 15 is 0 Å². The smallest absolute Gasteiger partial charge is 0.323 e. The molecule has 2 aromatic heterocycles. The molecular weight excluding hydrogens is 326 g/mol. The minimum atomic E-state index is -0.925. The average molecular weight is 340 g/mol. The topological polar surface area (TPSA) is 68.0 Å². The fraction of sp³-hybridized carbons (Fsp3) is 0.167. The van der Waals surface area contributed by atoms with Gasteiger partial charge < -0.3 is 9.67 Å². The molecule has 2 heterocycles. The molecule has 0 amide bonds. The van der Waals surface area contributed by atoms with Gasteiger partial charge in [0.1, 0.15) is 12.1 Å². The van der Waals surface area contributed by atoms with Crippen molar-refractivity contribution in [2.45, 2.75) is 20.4 Å². The van der Waals surface area contributed by atoms with E-state index in [0.29, 0.717) is 16.2 Å². The average Bonchev–Trinajstić information content (AvgIpc) is 2.79. The molecule has 24 heavy (non-hydrogen) atoms. The zero-order valence-corrected chi connectivity index (χ0v) is 13.9. The highest BCUT2D eigenvalue weighted by Crippen LogP contribution is 2.30. The maximum atomic E-state index is 11.3. The molecule has 120 valence electrons. The Morgan fingerprint density at radius 3 is 2.46 bits per heavy atom. The first-order valence-corrected chi connectivity index (χ1v) is 7.90. The van der Waals surface area contributed by atoms with Gasteiger partial charge in [-0.25, -0.2) is 9.97 Å². The number of carboxylic acids is 1. The highest BCUT2D eigenvalue weighted by atomic mass is 35.5. The Kier molecular flexibility index (Phi) is 3.21. The molecule has 0 aliphatic rings. The number of carboxylic acid groups (broad SMARTS) is 1. The number of hydrogen-bond acceptors (Lipinski definition) is 3. The summed E-state index contributed by atoms with van der Waals surface area (Å²) in [4.78, 5) is 20.7. The minimum absolute atomic E-state index is 0.174. The first-order valence-electron chi connectivity index (χ1n) is 7.52. The molecular formula is C18H14ClN3O2. The van der Waals surface area contributed by atoms with Crippen LogP contribution in [0, 0.1) is 13.8 Å². The third-order valence-electron chi connectivity index (χ3n) is 4.31. The summed E-state index contributed by atoms with van der Waals surface area (Å²) in [7, 11) is 0. The van der Waals surface area contributed by atoms with Crippen LogP contribution in [0.2, 0.25) is 5.02 Å². The molecule has 0 fully saturated rings. The number of hydrogen-bond donors (Lipinski definition) is 1. The van der Waals surface area contributed by atoms with E-state index in [2.05, 4.69) is 0 Å². The van der Waals surface area contributed by atoms with Gasteiger partial charge in [0.25, 0.3) is 0 Å². The SMILES string of the molecule is Cc1cc2nc3c4cc(Cl)ccc4n(CC(=O)O)c3nc2cc1C. The molecule has 0 spiro atoms. The Morgan fingerprint density at radius 1 is 1.12 bits per heavy atom. The van der Waals surface area contributed by atoms with Gasteiger partial charge in [-0.1, -0.05) is 11.6 Å². The summed E-state index contributed by atoms with van der Waals surface area (Å²) < 4.78 is 1.67. The van der Waals surface area contributed by atoms with Gasteiger partial charge in [0.05, 0.1) is 16.6 Å².